The monoisotopic (exact) mass is 410 g/mol. The van der Waals surface area contributed by atoms with E-state index >= 15 is 0 Å². The molecule has 1 amide bonds. The van der Waals surface area contributed by atoms with E-state index in [0.29, 0.717) is 18.8 Å². The lowest BCUT2D eigenvalue weighted by atomic mass is 10.0. The van der Waals surface area contributed by atoms with E-state index in [1.807, 2.05) is 30.3 Å². The van der Waals surface area contributed by atoms with Crippen molar-refractivity contribution in [3.05, 3.63) is 53.9 Å². The number of likely N-dealkylation sites (tertiary alicyclic amines) is 1. The zero-order valence-electron chi connectivity index (χ0n) is 17.4. The van der Waals surface area contributed by atoms with Crippen LogP contribution in [0.25, 0.3) is 0 Å². The first kappa shape index (κ1) is 20.6. The molecule has 2 aliphatic heterocycles. The normalized spacial score (nSPS) is 20.3. The zero-order valence-corrected chi connectivity index (χ0v) is 17.4. The molecule has 1 aromatic carbocycles. The summed E-state index contributed by atoms with van der Waals surface area (Å²) in [5, 5.41) is 3.15. The van der Waals surface area contributed by atoms with Crippen molar-refractivity contribution < 1.29 is 14.3 Å². The van der Waals surface area contributed by atoms with Gasteiger partial charge < -0.3 is 25.4 Å². The third-order valence-corrected chi connectivity index (χ3v) is 5.75. The van der Waals surface area contributed by atoms with Gasteiger partial charge in [-0.2, -0.15) is 0 Å². The maximum Gasteiger partial charge on any atom is 0.261 e. The molecule has 0 bridgehead atoms. The first-order valence-corrected chi connectivity index (χ1v) is 10.6. The van der Waals surface area contributed by atoms with Gasteiger partial charge in [0, 0.05) is 43.9 Å². The number of hydrogen-bond acceptors (Lipinski definition) is 6. The number of benzene rings is 1. The quantitative estimate of drug-likeness (QED) is 0.722. The lowest BCUT2D eigenvalue weighted by Gasteiger charge is -2.34. The van der Waals surface area contributed by atoms with Crippen molar-refractivity contribution in [2.24, 2.45) is 5.73 Å². The van der Waals surface area contributed by atoms with Crippen molar-refractivity contribution in [1.29, 1.82) is 0 Å². The number of rotatable bonds is 7. The SMILES string of the molecule is Cc1ccc(OCC(N)CN2CCC(NC(=O)C3Cc4ccncc4O3)CC2)cc1. The number of nitrogens with one attached hydrogen (secondary N) is 1. The van der Waals surface area contributed by atoms with Gasteiger partial charge in [0.25, 0.3) is 5.91 Å². The van der Waals surface area contributed by atoms with Crippen molar-refractivity contribution in [3.8, 4) is 11.5 Å². The number of fused-ring (bicyclic) bond motifs is 1. The second kappa shape index (κ2) is 9.45. The van der Waals surface area contributed by atoms with E-state index in [1.165, 1.54) is 5.56 Å². The van der Waals surface area contributed by atoms with Crippen LogP contribution in [0.4, 0.5) is 0 Å². The smallest absolute Gasteiger partial charge is 0.261 e. The van der Waals surface area contributed by atoms with Crippen molar-refractivity contribution in [1.82, 2.24) is 15.2 Å². The highest BCUT2D eigenvalue weighted by Crippen LogP contribution is 2.27. The maximum atomic E-state index is 12.6. The largest absolute Gasteiger partial charge is 0.492 e. The lowest BCUT2D eigenvalue weighted by molar-refractivity contribution is -0.128. The van der Waals surface area contributed by atoms with E-state index in [4.69, 9.17) is 15.2 Å². The van der Waals surface area contributed by atoms with E-state index in [0.717, 1.165) is 43.8 Å². The summed E-state index contributed by atoms with van der Waals surface area (Å²) in [5.74, 6) is 1.53. The molecule has 0 spiro atoms. The minimum Gasteiger partial charge on any atom is -0.492 e. The Morgan fingerprint density at radius 3 is 2.80 bits per heavy atom. The second-order valence-corrected chi connectivity index (χ2v) is 8.26. The highest BCUT2D eigenvalue weighted by Gasteiger charge is 2.31. The van der Waals surface area contributed by atoms with Gasteiger partial charge in [-0.1, -0.05) is 17.7 Å². The number of hydrogen-bond donors (Lipinski definition) is 2. The number of aromatic nitrogens is 1. The fourth-order valence-corrected chi connectivity index (χ4v) is 4.00. The zero-order chi connectivity index (χ0) is 20.9. The summed E-state index contributed by atoms with van der Waals surface area (Å²) in [6, 6.07) is 10.1. The van der Waals surface area contributed by atoms with Crippen molar-refractivity contribution in [3.63, 3.8) is 0 Å². The Bertz CT molecular complexity index is 825. The van der Waals surface area contributed by atoms with E-state index in [-0.39, 0.29) is 18.0 Å². The molecule has 2 aliphatic rings. The fourth-order valence-electron chi connectivity index (χ4n) is 4.00. The van der Waals surface area contributed by atoms with Gasteiger partial charge in [-0.25, -0.2) is 0 Å². The number of aryl methyl sites for hydroxylation is 1. The second-order valence-electron chi connectivity index (χ2n) is 8.26. The first-order valence-electron chi connectivity index (χ1n) is 10.6. The summed E-state index contributed by atoms with van der Waals surface area (Å²) in [4.78, 5) is 19.0. The van der Waals surface area contributed by atoms with Crippen molar-refractivity contribution in [2.75, 3.05) is 26.2 Å². The summed E-state index contributed by atoms with van der Waals surface area (Å²) in [6.07, 6.45) is 5.39. The van der Waals surface area contributed by atoms with E-state index in [2.05, 4.69) is 22.1 Å². The van der Waals surface area contributed by atoms with Gasteiger partial charge in [-0.15, -0.1) is 0 Å². The van der Waals surface area contributed by atoms with Crippen LogP contribution < -0.4 is 20.5 Å². The predicted octanol–water partition coefficient (Wildman–Crippen LogP) is 1.68. The van der Waals surface area contributed by atoms with Crippen LogP contribution in [0.15, 0.2) is 42.7 Å². The molecule has 30 heavy (non-hydrogen) atoms. The lowest BCUT2D eigenvalue weighted by Crippen LogP contribution is -2.50. The van der Waals surface area contributed by atoms with E-state index in [9.17, 15) is 4.79 Å². The van der Waals surface area contributed by atoms with Crippen molar-refractivity contribution in [2.45, 2.75) is 44.4 Å². The minimum atomic E-state index is -0.449. The summed E-state index contributed by atoms with van der Waals surface area (Å²) >= 11 is 0. The Labute approximate surface area is 177 Å². The number of ether oxygens (including phenoxy) is 2. The molecule has 2 atom stereocenters. The molecule has 7 nitrogen and oxygen atoms in total. The number of nitrogens with two attached hydrogens (primary N) is 1. The van der Waals surface area contributed by atoms with Crippen molar-refractivity contribution >= 4 is 5.91 Å². The molecular formula is C23H30N4O3. The highest BCUT2D eigenvalue weighted by molar-refractivity contribution is 5.82. The van der Waals surface area contributed by atoms with Crippen LogP contribution in [-0.2, 0) is 11.2 Å². The average molecular weight is 411 g/mol. The van der Waals surface area contributed by atoms with Crippen LogP contribution in [0.3, 0.4) is 0 Å². The topological polar surface area (TPSA) is 89.7 Å². The molecule has 3 heterocycles. The molecule has 4 rings (SSSR count). The van der Waals surface area contributed by atoms with Gasteiger partial charge in [-0.3, -0.25) is 9.78 Å². The van der Waals surface area contributed by atoms with Crippen LogP contribution in [0.5, 0.6) is 11.5 Å². The van der Waals surface area contributed by atoms with Crippen LogP contribution in [0.2, 0.25) is 0 Å². The van der Waals surface area contributed by atoms with Gasteiger partial charge in [0.15, 0.2) is 6.10 Å². The Balaban J connectivity index is 1.15. The highest BCUT2D eigenvalue weighted by atomic mass is 16.5. The fraction of sp³-hybridized carbons (Fsp3) is 0.478. The molecule has 0 aliphatic carbocycles. The van der Waals surface area contributed by atoms with Crippen LogP contribution in [-0.4, -0.2) is 60.2 Å². The molecule has 2 aromatic rings. The van der Waals surface area contributed by atoms with Gasteiger partial charge >= 0.3 is 0 Å². The number of nitrogens with zero attached hydrogens (tertiary/aromatic N) is 2. The third kappa shape index (κ3) is 5.29. The Kier molecular flexibility index (Phi) is 6.50. The maximum absolute atomic E-state index is 12.6. The Morgan fingerprint density at radius 1 is 1.30 bits per heavy atom. The van der Waals surface area contributed by atoms with Crippen LogP contribution >= 0.6 is 0 Å². The number of piperidine rings is 1. The van der Waals surface area contributed by atoms with E-state index < -0.39 is 6.10 Å². The summed E-state index contributed by atoms with van der Waals surface area (Å²) < 4.78 is 11.5. The van der Waals surface area contributed by atoms with E-state index in [1.54, 1.807) is 12.4 Å². The number of amides is 1. The van der Waals surface area contributed by atoms with Gasteiger partial charge in [0.2, 0.25) is 0 Å². The summed E-state index contributed by atoms with van der Waals surface area (Å²) in [7, 11) is 0. The van der Waals surface area contributed by atoms with Crippen LogP contribution in [0.1, 0.15) is 24.0 Å². The molecule has 0 saturated carbocycles. The average Bonchev–Trinajstić information content (AvgIpc) is 3.19. The molecule has 0 radical (unpaired) electrons. The number of pyridine rings is 1. The van der Waals surface area contributed by atoms with Crippen LogP contribution in [0, 0.1) is 6.92 Å². The third-order valence-electron chi connectivity index (χ3n) is 5.75. The molecule has 1 saturated heterocycles. The Hall–Kier alpha value is -2.64. The molecule has 1 aromatic heterocycles. The molecule has 3 N–H and O–H groups in total. The summed E-state index contributed by atoms with van der Waals surface area (Å²) in [6.45, 7) is 5.17. The number of carbonyl (C=O) groups excluding carboxylic acids is 1. The molecule has 1 fully saturated rings. The molecular weight excluding hydrogens is 380 g/mol. The molecule has 7 heteroatoms. The standard InChI is InChI=1S/C23H30N4O3/c1-16-2-4-20(5-3-16)29-15-18(24)14-27-10-7-19(8-11-27)26-23(28)21-12-17-6-9-25-13-22(17)30-21/h2-6,9,13,18-19,21H,7-8,10-12,14-15,24H2,1H3,(H,26,28). The molecule has 2 unspecified atom stereocenters. The van der Waals surface area contributed by atoms with Gasteiger partial charge in [0.1, 0.15) is 18.1 Å². The van der Waals surface area contributed by atoms with Gasteiger partial charge in [0.05, 0.1) is 12.2 Å². The predicted molar refractivity (Wildman–Crippen MR) is 115 cm³/mol. The summed E-state index contributed by atoms with van der Waals surface area (Å²) in [5.41, 5.74) is 8.52. The molecule has 160 valence electrons. The minimum absolute atomic E-state index is 0.0344. The number of carbonyl (C=O) groups is 1. The van der Waals surface area contributed by atoms with Gasteiger partial charge in [-0.05, 0) is 38.0 Å². The first-order chi connectivity index (χ1) is 14.6. The Morgan fingerprint density at radius 2 is 2.07 bits per heavy atom.